The molecule has 1 fully saturated rings. The molecule has 1 unspecified atom stereocenters. The minimum Gasteiger partial charge on any atom is -0.365 e. The van der Waals surface area contributed by atoms with E-state index in [1.54, 1.807) is 6.20 Å². The first kappa shape index (κ1) is 20.0. The summed E-state index contributed by atoms with van der Waals surface area (Å²) in [5.41, 5.74) is 6.99. The van der Waals surface area contributed by atoms with Crippen molar-refractivity contribution < 1.29 is 9.18 Å². The maximum Gasteiger partial charge on any atom is 0.252 e. The number of carbonyl (C=O) groups excluding carboxylic acids is 1. The number of fused-ring (bicyclic) bond motifs is 1. The summed E-state index contributed by atoms with van der Waals surface area (Å²) in [5, 5.41) is 10.5. The van der Waals surface area contributed by atoms with Crippen LogP contribution in [-0.4, -0.2) is 35.0 Å². The van der Waals surface area contributed by atoms with Gasteiger partial charge in [-0.2, -0.15) is 0 Å². The number of amides is 1. The normalized spacial score (nSPS) is 18.9. The maximum absolute atomic E-state index is 14.8. The van der Waals surface area contributed by atoms with Crippen molar-refractivity contribution >= 4 is 34.1 Å². The molecular weight excluding hydrogens is 383 g/mol. The molecule has 1 aromatic carbocycles. The molecule has 0 spiro atoms. The van der Waals surface area contributed by atoms with E-state index in [4.69, 9.17) is 5.73 Å². The van der Waals surface area contributed by atoms with E-state index >= 15 is 0 Å². The van der Waals surface area contributed by atoms with Crippen molar-refractivity contribution in [3.63, 3.8) is 0 Å². The van der Waals surface area contributed by atoms with Gasteiger partial charge in [0.1, 0.15) is 5.82 Å². The van der Waals surface area contributed by atoms with Crippen molar-refractivity contribution in [2.45, 2.75) is 37.8 Å². The number of nitrogens with two attached hydrogens (primary N) is 1. The van der Waals surface area contributed by atoms with Gasteiger partial charge in [-0.05, 0) is 50.2 Å². The first-order valence-electron chi connectivity index (χ1n) is 10.1. The number of nitrogens with one attached hydrogen (secondary N) is 3. The molecule has 2 atom stereocenters. The largest absolute Gasteiger partial charge is 0.365 e. The van der Waals surface area contributed by atoms with E-state index in [0.717, 1.165) is 42.7 Å². The molecule has 4 rings (SSSR count). The molecule has 1 aliphatic carbocycles. The van der Waals surface area contributed by atoms with Crippen molar-refractivity contribution in [3.05, 3.63) is 54.0 Å². The monoisotopic (exact) mass is 408 g/mol. The number of primary amides is 1. The summed E-state index contributed by atoms with van der Waals surface area (Å²) >= 11 is 0. The zero-order valence-electron chi connectivity index (χ0n) is 16.8. The molecule has 1 saturated carbocycles. The molecule has 1 aliphatic rings. The molecule has 8 heteroatoms. The van der Waals surface area contributed by atoms with E-state index in [1.807, 2.05) is 37.4 Å². The third kappa shape index (κ3) is 4.04. The number of rotatable bonds is 6. The zero-order chi connectivity index (χ0) is 21.1. The lowest BCUT2D eigenvalue weighted by Gasteiger charge is -2.32. The molecule has 2 heterocycles. The first-order chi connectivity index (χ1) is 14.6. The van der Waals surface area contributed by atoms with E-state index in [2.05, 4.69) is 25.9 Å². The second-order valence-electron chi connectivity index (χ2n) is 7.51. The molecule has 0 aliphatic heterocycles. The minimum absolute atomic E-state index is 0.00671. The minimum atomic E-state index is -0.750. The van der Waals surface area contributed by atoms with Gasteiger partial charge in [0.2, 0.25) is 0 Å². The van der Waals surface area contributed by atoms with Crippen LogP contribution in [0.2, 0.25) is 0 Å². The lowest BCUT2D eigenvalue weighted by Crippen LogP contribution is -2.45. The van der Waals surface area contributed by atoms with Crippen LogP contribution >= 0.6 is 0 Å². The second kappa shape index (κ2) is 8.62. The highest BCUT2D eigenvalue weighted by atomic mass is 19.1. The molecule has 1 amide bonds. The number of likely N-dealkylation sites (N-methyl/N-ethyl adjacent to an activating group) is 1. The SMILES string of the molecule is CN[C@H]1CCCCC1Nc1nc(Nc2cccc3ncccc23)c(C(N)=O)cc1F. The number of aromatic nitrogens is 2. The quantitative estimate of drug-likeness (QED) is 0.497. The lowest BCUT2D eigenvalue weighted by molar-refractivity contribution is 0.100. The Morgan fingerprint density at radius 1 is 1.13 bits per heavy atom. The topological polar surface area (TPSA) is 105 Å². The van der Waals surface area contributed by atoms with Crippen LogP contribution in [0.1, 0.15) is 36.0 Å². The number of nitrogens with zero attached hydrogens (tertiary/aromatic N) is 2. The van der Waals surface area contributed by atoms with Crippen LogP contribution in [-0.2, 0) is 0 Å². The highest BCUT2D eigenvalue weighted by Crippen LogP contribution is 2.29. The predicted molar refractivity (Wildman–Crippen MR) is 116 cm³/mol. The van der Waals surface area contributed by atoms with Gasteiger partial charge in [0, 0.05) is 29.4 Å². The third-order valence-corrected chi connectivity index (χ3v) is 5.60. The van der Waals surface area contributed by atoms with E-state index in [0.29, 0.717) is 5.69 Å². The van der Waals surface area contributed by atoms with Gasteiger partial charge in [0.15, 0.2) is 11.6 Å². The number of hydrogen-bond acceptors (Lipinski definition) is 6. The highest BCUT2D eigenvalue weighted by molar-refractivity contribution is 6.00. The zero-order valence-corrected chi connectivity index (χ0v) is 16.8. The van der Waals surface area contributed by atoms with E-state index < -0.39 is 11.7 Å². The highest BCUT2D eigenvalue weighted by Gasteiger charge is 2.26. The van der Waals surface area contributed by atoms with Crippen LogP contribution in [0, 0.1) is 5.82 Å². The van der Waals surface area contributed by atoms with Gasteiger partial charge in [-0.3, -0.25) is 9.78 Å². The standard InChI is InChI=1S/C22H25FN6O/c1-25-18-7-2-3-8-19(18)28-22-15(23)12-14(20(24)30)21(29-22)27-17-10-4-9-16-13(17)6-5-11-26-16/h4-6,9-12,18-19,25H,2-3,7-8H2,1H3,(H2,24,30)(H2,27,28,29)/t18-,19?/m0/s1. The van der Waals surface area contributed by atoms with Crippen molar-refractivity contribution in [3.8, 4) is 0 Å². The van der Waals surface area contributed by atoms with Gasteiger partial charge >= 0.3 is 0 Å². The second-order valence-corrected chi connectivity index (χ2v) is 7.51. The van der Waals surface area contributed by atoms with Gasteiger partial charge in [-0.25, -0.2) is 9.37 Å². The van der Waals surface area contributed by atoms with Crippen molar-refractivity contribution in [1.82, 2.24) is 15.3 Å². The molecule has 2 aromatic heterocycles. The van der Waals surface area contributed by atoms with Crippen molar-refractivity contribution in [1.29, 1.82) is 0 Å². The molecule has 0 saturated heterocycles. The molecule has 30 heavy (non-hydrogen) atoms. The van der Waals surface area contributed by atoms with Crippen molar-refractivity contribution in [2.75, 3.05) is 17.7 Å². The average Bonchev–Trinajstić information content (AvgIpc) is 2.76. The Labute approximate surface area is 174 Å². The molecule has 7 nitrogen and oxygen atoms in total. The Balaban J connectivity index is 1.71. The van der Waals surface area contributed by atoms with Gasteiger partial charge in [0.05, 0.1) is 11.1 Å². The Bertz CT molecular complexity index is 1070. The number of halogens is 1. The van der Waals surface area contributed by atoms with Crippen LogP contribution < -0.4 is 21.7 Å². The Kier molecular flexibility index (Phi) is 5.76. The number of anilines is 3. The summed E-state index contributed by atoms with van der Waals surface area (Å²) in [5.74, 6) is -1.04. The summed E-state index contributed by atoms with van der Waals surface area (Å²) in [4.78, 5) is 20.7. The van der Waals surface area contributed by atoms with Gasteiger partial charge < -0.3 is 21.7 Å². The molecule has 156 valence electrons. The smallest absolute Gasteiger partial charge is 0.252 e. The fourth-order valence-corrected chi connectivity index (χ4v) is 4.04. The van der Waals surface area contributed by atoms with Crippen LogP contribution in [0.4, 0.5) is 21.7 Å². The third-order valence-electron chi connectivity index (χ3n) is 5.60. The first-order valence-corrected chi connectivity index (χ1v) is 10.1. The van der Waals surface area contributed by atoms with E-state index in [1.165, 1.54) is 0 Å². The fourth-order valence-electron chi connectivity index (χ4n) is 4.04. The number of pyridine rings is 2. The number of carbonyl (C=O) groups is 1. The molecule has 5 N–H and O–H groups in total. The predicted octanol–water partition coefficient (Wildman–Crippen LogP) is 3.55. The van der Waals surface area contributed by atoms with Crippen LogP contribution in [0.3, 0.4) is 0 Å². The molecule has 3 aromatic rings. The van der Waals surface area contributed by atoms with Crippen molar-refractivity contribution in [2.24, 2.45) is 5.73 Å². The van der Waals surface area contributed by atoms with Crippen LogP contribution in [0.5, 0.6) is 0 Å². The fraction of sp³-hybridized carbons (Fsp3) is 0.318. The number of benzene rings is 1. The summed E-state index contributed by atoms with van der Waals surface area (Å²) < 4.78 is 14.8. The van der Waals surface area contributed by atoms with Crippen LogP contribution in [0.15, 0.2) is 42.6 Å². The summed E-state index contributed by atoms with van der Waals surface area (Å²) in [6.45, 7) is 0. The number of hydrogen-bond donors (Lipinski definition) is 4. The maximum atomic E-state index is 14.8. The Morgan fingerprint density at radius 2 is 1.93 bits per heavy atom. The van der Waals surface area contributed by atoms with Gasteiger partial charge in [-0.15, -0.1) is 0 Å². The Morgan fingerprint density at radius 3 is 2.70 bits per heavy atom. The van der Waals surface area contributed by atoms with E-state index in [-0.39, 0.29) is 29.3 Å². The molecule has 0 bridgehead atoms. The van der Waals surface area contributed by atoms with E-state index in [9.17, 15) is 9.18 Å². The van der Waals surface area contributed by atoms with Gasteiger partial charge in [-0.1, -0.05) is 18.9 Å². The van der Waals surface area contributed by atoms with Crippen LogP contribution in [0.25, 0.3) is 10.9 Å². The summed E-state index contributed by atoms with van der Waals surface area (Å²) in [7, 11) is 1.91. The summed E-state index contributed by atoms with van der Waals surface area (Å²) in [6, 6.07) is 10.8. The Hall–Kier alpha value is -3.26. The van der Waals surface area contributed by atoms with Gasteiger partial charge in [0.25, 0.3) is 5.91 Å². The average molecular weight is 408 g/mol. The lowest BCUT2D eigenvalue weighted by atomic mass is 9.90. The summed E-state index contributed by atoms with van der Waals surface area (Å²) in [6.07, 6.45) is 5.86. The molecular formula is C22H25FN6O. The molecule has 0 radical (unpaired) electrons.